The second-order valence-corrected chi connectivity index (χ2v) is 5.08. The average Bonchev–Trinajstić information content (AvgIpc) is 3.04. The average molecular weight is 389 g/mol. The predicted octanol–water partition coefficient (Wildman–Crippen LogP) is -1.05. The summed E-state index contributed by atoms with van der Waals surface area (Å²) in [5.74, 6) is 0.303. The predicted molar refractivity (Wildman–Crippen MR) is 81.3 cm³/mol. The molecule has 3 amide bonds. The van der Waals surface area contributed by atoms with E-state index in [9.17, 15) is 9.59 Å². The van der Waals surface area contributed by atoms with Crippen LogP contribution >= 0.6 is 15.9 Å². The number of halogens is 1. The van der Waals surface area contributed by atoms with Gasteiger partial charge in [-0.15, -0.1) is 0 Å². The Morgan fingerprint density at radius 1 is 1.30 bits per heavy atom. The van der Waals surface area contributed by atoms with E-state index in [2.05, 4.69) is 31.3 Å². The van der Waals surface area contributed by atoms with Gasteiger partial charge in [-0.2, -0.15) is 0 Å². The fourth-order valence-corrected chi connectivity index (χ4v) is 1.96. The number of hydrazone groups is 1. The second kappa shape index (κ2) is 8.37. The number of rotatable bonds is 3. The van der Waals surface area contributed by atoms with Gasteiger partial charge < -0.3 is 20.2 Å². The quantitative estimate of drug-likeness (QED) is 0.378. The number of carbonyl (C=O) groups is 2. The van der Waals surface area contributed by atoms with Crippen LogP contribution in [0.15, 0.2) is 44.5 Å². The maximum atomic E-state index is 11.2. The molecule has 23 heavy (non-hydrogen) atoms. The van der Waals surface area contributed by atoms with Crippen molar-refractivity contribution in [3.63, 3.8) is 0 Å². The van der Waals surface area contributed by atoms with Crippen LogP contribution in [0.4, 0.5) is 4.79 Å². The first-order valence-electron chi connectivity index (χ1n) is 5.93. The Morgan fingerprint density at radius 3 is 2.61 bits per heavy atom. The van der Waals surface area contributed by atoms with Crippen LogP contribution in [-0.2, 0) is 4.79 Å². The molecule has 1 saturated heterocycles. The number of aromatic nitrogens is 1. The molecule has 0 unspecified atom stereocenters. The number of nitrogens with zero attached hydrogens (tertiary/aromatic N) is 4. The van der Waals surface area contributed by atoms with Crippen molar-refractivity contribution in [2.75, 3.05) is 6.54 Å². The van der Waals surface area contributed by atoms with Crippen LogP contribution in [0.25, 0.3) is 16.6 Å². The zero-order valence-corrected chi connectivity index (χ0v) is 15.6. The number of urea groups is 1. The van der Waals surface area contributed by atoms with E-state index in [4.69, 9.17) is 4.42 Å². The van der Waals surface area contributed by atoms with E-state index in [1.807, 2.05) is 24.3 Å². The van der Waals surface area contributed by atoms with Gasteiger partial charge in [0.25, 0.3) is 0 Å². The van der Waals surface area contributed by atoms with Crippen LogP contribution in [0.2, 0.25) is 0 Å². The number of amides is 3. The molecule has 1 aromatic carbocycles. The number of oxazole rings is 1. The number of benzene rings is 1. The van der Waals surface area contributed by atoms with Crippen molar-refractivity contribution >= 4 is 34.1 Å². The summed E-state index contributed by atoms with van der Waals surface area (Å²) in [5, 5.41) is 8.00. The number of imide groups is 1. The van der Waals surface area contributed by atoms with E-state index >= 15 is 0 Å². The molecule has 1 aliphatic rings. The van der Waals surface area contributed by atoms with Gasteiger partial charge in [-0.3, -0.25) is 14.7 Å². The summed E-state index contributed by atoms with van der Waals surface area (Å²) in [6.45, 7) is -0.157. The summed E-state index contributed by atoms with van der Waals surface area (Å²) in [7, 11) is 0. The van der Waals surface area contributed by atoms with Crippen LogP contribution in [0.3, 0.4) is 0 Å². The molecule has 8 nitrogen and oxygen atoms in total. The van der Waals surface area contributed by atoms with E-state index in [-0.39, 0.29) is 47.5 Å². The van der Waals surface area contributed by atoms with Crippen molar-refractivity contribution in [3.8, 4) is 11.3 Å². The molecule has 0 radical (unpaired) electrons. The van der Waals surface area contributed by atoms with E-state index in [1.54, 1.807) is 6.20 Å². The van der Waals surface area contributed by atoms with Crippen LogP contribution in [0.1, 0.15) is 5.89 Å². The van der Waals surface area contributed by atoms with Gasteiger partial charge in [0.15, 0.2) is 17.7 Å². The first-order valence-corrected chi connectivity index (χ1v) is 6.73. The first-order chi connectivity index (χ1) is 10.1. The summed E-state index contributed by atoms with van der Waals surface area (Å²) in [6, 6.07) is 6.86. The molecule has 1 aromatic heterocycles. The normalized spacial score (nSPS) is 13.7. The molecule has 2 heterocycles. The van der Waals surface area contributed by atoms with Gasteiger partial charge in [0.05, 0.1) is 12.4 Å². The molecule has 10 heteroatoms. The van der Waals surface area contributed by atoms with Gasteiger partial charge in [-0.25, -0.2) is 4.98 Å². The zero-order chi connectivity index (χ0) is 14.8. The van der Waals surface area contributed by atoms with Gasteiger partial charge in [0.1, 0.15) is 0 Å². The first kappa shape index (κ1) is 19.5. The third-order valence-electron chi connectivity index (χ3n) is 2.69. The van der Waals surface area contributed by atoms with Crippen LogP contribution in [-0.4, -0.2) is 40.2 Å². The van der Waals surface area contributed by atoms with Crippen molar-refractivity contribution < 1.29 is 49.0 Å². The molecule has 114 valence electrons. The molecule has 0 spiro atoms. The smallest absolute Gasteiger partial charge is 0.435 e. The van der Waals surface area contributed by atoms with Gasteiger partial charge >= 0.3 is 29.6 Å². The Bertz CT molecular complexity index is 732. The Kier molecular flexibility index (Phi) is 7.10. The Morgan fingerprint density at radius 2 is 2.00 bits per heavy atom. The molecule has 2 aromatic rings. The third kappa shape index (κ3) is 4.72. The third-order valence-corrected chi connectivity index (χ3v) is 3.21. The zero-order valence-electron chi connectivity index (χ0n) is 12.1. The van der Waals surface area contributed by atoms with E-state index in [1.165, 1.54) is 6.21 Å². The summed E-state index contributed by atoms with van der Waals surface area (Å²) in [5.41, 5.74) is 0.868. The van der Waals surface area contributed by atoms with E-state index < -0.39 is 11.9 Å². The standard InChI is InChI=1S/C13H9BrN4O3.Na.H2O/c14-9-3-1-8(2-4-9)10-5-15-12(21-10)6-16-18-7-11(19)17-13(18)20;;/h1-6H,7H2,(H,17,19,20);;1H2/q;+1;/p-1/b16-6+;;. The monoisotopic (exact) mass is 388 g/mol. The minimum absolute atomic E-state index is 0. The fourth-order valence-electron chi connectivity index (χ4n) is 1.70. The number of hydrogen-bond donors (Lipinski definition) is 0. The summed E-state index contributed by atoms with van der Waals surface area (Å²) >= 11 is 3.35. The Hall–Kier alpha value is -1.52. The molecule has 0 saturated carbocycles. The summed E-state index contributed by atoms with van der Waals surface area (Å²) in [4.78, 5) is 26.2. The molecule has 3 rings (SSSR count). The van der Waals surface area contributed by atoms with E-state index in [0.29, 0.717) is 5.76 Å². The van der Waals surface area contributed by atoms with Gasteiger partial charge in [0.2, 0.25) is 5.89 Å². The fraction of sp³-hybridized carbons (Fsp3) is 0.0769. The van der Waals surface area contributed by atoms with Crippen molar-refractivity contribution in [2.45, 2.75) is 0 Å². The molecule has 1 aliphatic heterocycles. The number of carbonyl (C=O) groups excluding carboxylic acids is 2. The largest absolute Gasteiger partial charge is 1.00 e. The van der Waals surface area contributed by atoms with E-state index in [0.717, 1.165) is 15.0 Å². The van der Waals surface area contributed by atoms with Gasteiger partial charge in [-0.1, -0.05) is 28.1 Å². The molecule has 0 atom stereocenters. The Labute approximate surface area is 161 Å². The molecule has 2 N–H and O–H groups in total. The number of hydrogen-bond acceptors (Lipinski definition) is 5. The van der Waals surface area contributed by atoms with Crippen molar-refractivity contribution in [1.82, 2.24) is 9.99 Å². The molecule has 0 aliphatic carbocycles. The van der Waals surface area contributed by atoms with Crippen molar-refractivity contribution in [1.29, 1.82) is 0 Å². The van der Waals surface area contributed by atoms with Crippen molar-refractivity contribution in [3.05, 3.63) is 46.1 Å². The maximum Gasteiger partial charge on any atom is 1.00 e. The summed E-state index contributed by atoms with van der Waals surface area (Å²) < 4.78 is 6.47. The minimum atomic E-state index is -0.684. The summed E-state index contributed by atoms with van der Waals surface area (Å²) in [6.07, 6.45) is 2.83. The molecular formula is C13H10BrN4NaO4. The maximum absolute atomic E-state index is 11.2. The second-order valence-electron chi connectivity index (χ2n) is 4.16. The van der Waals surface area contributed by atoms with Gasteiger partial charge in [0, 0.05) is 16.6 Å². The minimum Gasteiger partial charge on any atom is -0.435 e. The molecule has 0 bridgehead atoms. The van der Waals surface area contributed by atoms with Gasteiger partial charge in [-0.05, 0) is 12.1 Å². The molecule has 1 fully saturated rings. The van der Waals surface area contributed by atoms with Crippen LogP contribution < -0.4 is 29.6 Å². The molecular weight excluding hydrogens is 379 g/mol. The Balaban J connectivity index is 0.00000132. The van der Waals surface area contributed by atoms with Crippen LogP contribution in [0.5, 0.6) is 0 Å². The van der Waals surface area contributed by atoms with Crippen LogP contribution in [0, 0.1) is 0 Å². The van der Waals surface area contributed by atoms with Crippen molar-refractivity contribution in [2.24, 2.45) is 5.10 Å². The topological polar surface area (TPSA) is 121 Å². The SMILES string of the molecule is O.O=C1CN(/N=C/c2ncc(-c3ccc(Br)cc3)o2)C(=O)[N-]1.[Na+].